The van der Waals surface area contributed by atoms with E-state index in [1.54, 1.807) is 0 Å². The first-order valence-corrected chi connectivity index (χ1v) is 9.03. The molecule has 6 heteroatoms. The Morgan fingerprint density at radius 1 is 1.23 bits per heavy atom. The number of amides is 1. The first-order valence-electron chi connectivity index (χ1n) is 8.62. The highest BCUT2D eigenvalue weighted by Crippen LogP contribution is 2.45. The molecule has 2 aliphatic rings. The Balaban J connectivity index is 1.71. The summed E-state index contributed by atoms with van der Waals surface area (Å²) in [5.41, 5.74) is 3.03. The van der Waals surface area contributed by atoms with Crippen LogP contribution in [-0.4, -0.2) is 16.7 Å². The van der Waals surface area contributed by atoms with Crippen molar-refractivity contribution >= 4 is 28.9 Å². The molecule has 1 saturated heterocycles. The number of benzene rings is 2. The van der Waals surface area contributed by atoms with Gasteiger partial charge in [-0.2, -0.15) is 0 Å². The Kier molecular flexibility index (Phi) is 3.88. The van der Waals surface area contributed by atoms with Crippen LogP contribution < -0.4 is 20.7 Å². The molecule has 3 N–H and O–H groups in total. The summed E-state index contributed by atoms with van der Waals surface area (Å²) >= 11 is 5.33. The molecule has 0 aromatic heterocycles. The molecule has 3 atom stereocenters. The quantitative estimate of drug-likeness (QED) is 0.712. The van der Waals surface area contributed by atoms with Gasteiger partial charge in [0.25, 0.3) is 0 Å². The van der Waals surface area contributed by atoms with Gasteiger partial charge in [0.05, 0.1) is 6.04 Å². The van der Waals surface area contributed by atoms with E-state index in [9.17, 15) is 4.79 Å². The number of carbonyl (C=O) groups is 1. The van der Waals surface area contributed by atoms with Crippen molar-refractivity contribution < 1.29 is 9.53 Å². The molecule has 4 rings (SSSR count). The zero-order valence-electron chi connectivity index (χ0n) is 14.9. The Morgan fingerprint density at radius 3 is 2.77 bits per heavy atom. The Morgan fingerprint density at radius 2 is 2.00 bits per heavy atom. The van der Waals surface area contributed by atoms with Gasteiger partial charge in [-0.05, 0) is 50.7 Å². The van der Waals surface area contributed by atoms with Crippen LogP contribution in [0.4, 0.5) is 5.69 Å². The van der Waals surface area contributed by atoms with E-state index in [4.69, 9.17) is 17.0 Å². The van der Waals surface area contributed by atoms with Crippen LogP contribution in [0.5, 0.6) is 5.75 Å². The first-order chi connectivity index (χ1) is 12.4. The minimum atomic E-state index is -0.913. The van der Waals surface area contributed by atoms with Crippen molar-refractivity contribution in [2.75, 3.05) is 5.32 Å². The van der Waals surface area contributed by atoms with E-state index >= 15 is 0 Å². The normalized spacial score (nSPS) is 26.0. The van der Waals surface area contributed by atoms with Gasteiger partial charge in [0.2, 0.25) is 5.91 Å². The van der Waals surface area contributed by atoms with Crippen molar-refractivity contribution in [3.63, 3.8) is 0 Å². The summed E-state index contributed by atoms with van der Waals surface area (Å²) in [7, 11) is 0. The summed E-state index contributed by atoms with van der Waals surface area (Å²) < 4.78 is 6.18. The van der Waals surface area contributed by atoms with E-state index in [1.165, 1.54) is 0 Å². The van der Waals surface area contributed by atoms with Crippen molar-refractivity contribution in [3.8, 4) is 5.75 Å². The number of aryl methyl sites for hydroxylation is 2. The molecule has 2 aliphatic heterocycles. The standard InChI is InChI=1S/C20H21N3O2S/c1-11-8-9-14(12(2)10-11)21-18(24)16-17-13-6-4-5-7-15(13)25-20(16,3)23-19(26)22-17/h4-10,16-17H,1-3H3,(H,21,24)(H2,22,23,26)/t16-,17-,20-/m0/s1. The molecule has 0 aliphatic carbocycles. The van der Waals surface area contributed by atoms with E-state index in [0.717, 1.165) is 28.1 Å². The summed E-state index contributed by atoms with van der Waals surface area (Å²) in [4.78, 5) is 13.2. The van der Waals surface area contributed by atoms with Crippen LogP contribution in [0.2, 0.25) is 0 Å². The Hall–Kier alpha value is -2.60. The fourth-order valence-corrected chi connectivity index (χ4v) is 4.18. The van der Waals surface area contributed by atoms with Crippen LogP contribution in [0, 0.1) is 19.8 Å². The minimum Gasteiger partial charge on any atom is -0.467 e. The van der Waals surface area contributed by atoms with Gasteiger partial charge < -0.3 is 20.7 Å². The van der Waals surface area contributed by atoms with E-state index in [1.807, 2.05) is 57.2 Å². The summed E-state index contributed by atoms with van der Waals surface area (Å²) in [5, 5.41) is 9.94. The van der Waals surface area contributed by atoms with Crippen molar-refractivity contribution in [1.29, 1.82) is 0 Å². The monoisotopic (exact) mass is 367 g/mol. The van der Waals surface area contributed by atoms with Gasteiger partial charge in [-0.15, -0.1) is 0 Å². The number of anilines is 1. The number of nitrogens with one attached hydrogen (secondary N) is 3. The molecule has 2 aromatic carbocycles. The number of hydrogen-bond donors (Lipinski definition) is 3. The number of thiocarbonyl (C=S) groups is 1. The minimum absolute atomic E-state index is 0.110. The van der Waals surface area contributed by atoms with Crippen molar-refractivity contribution in [1.82, 2.24) is 10.6 Å². The maximum absolute atomic E-state index is 13.2. The van der Waals surface area contributed by atoms with Gasteiger partial charge in [-0.1, -0.05) is 35.9 Å². The topological polar surface area (TPSA) is 62.4 Å². The molecule has 2 aromatic rings. The summed E-state index contributed by atoms with van der Waals surface area (Å²) in [5.74, 6) is 0.171. The molecule has 2 heterocycles. The average molecular weight is 367 g/mol. The van der Waals surface area contributed by atoms with Crippen LogP contribution in [0.1, 0.15) is 29.7 Å². The summed E-state index contributed by atoms with van der Waals surface area (Å²) in [6, 6.07) is 13.5. The third-order valence-corrected chi connectivity index (χ3v) is 5.29. The largest absolute Gasteiger partial charge is 0.467 e. The molecule has 0 unspecified atom stereocenters. The highest BCUT2D eigenvalue weighted by molar-refractivity contribution is 7.80. The Bertz CT molecular complexity index is 914. The lowest BCUT2D eigenvalue weighted by molar-refractivity contribution is -0.132. The third kappa shape index (κ3) is 2.70. The van der Waals surface area contributed by atoms with E-state index in [0.29, 0.717) is 5.11 Å². The molecule has 0 saturated carbocycles. The van der Waals surface area contributed by atoms with Gasteiger partial charge >= 0.3 is 0 Å². The smallest absolute Gasteiger partial charge is 0.236 e. The number of para-hydroxylation sites is 1. The molecular formula is C20H21N3O2S. The Labute approximate surface area is 158 Å². The fourth-order valence-electron chi connectivity index (χ4n) is 3.85. The highest BCUT2D eigenvalue weighted by atomic mass is 32.1. The van der Waals surface area contributed by atoms with Crippen molar-refractivity contribution in [2.45, 2.75) is 32.5 Å². The maximum atomic E-state index is 13.2. The van der Waals surface area contributed by atoms with Gasteiger partial charge in [0, 0.05) is 11.3 Å². The maximum Gasteiger partial charge on any atom is 0.236 e. The number of ether oxygens (including phenoxy) is 1. The first kappa shape index (κ1) is 16.8. The summed E-state index contributed by atoms with van der Waals surface area (Å²) in [6.45, 7) is 5.89. The number of rotatable bonds is 2. The second-order valence-electron chi connectivity index (χ2n) is 7.11. The predicted octanol–water partition coefficient (Wildman–Crippen LogP) is 3.19. The molecular weight excluding hydrogens is 346 g/mol. The fraction of sp³-hybridized carbons (Fsp3) is 0.300. The zero-order chi connectivity index (χ0) is 18.5. The predicted molar refractivity (Wildman–Crippen MR) is 105 cm³/mol. The third-order valence-electron chi connectivity index (χ3n) is 5.07. The molecule has 0 radical (unpaired) electrons. The van der Waals surface area contributed by atoms with Crippen LogP contribution in [0.15, 0.2) is 42.5 Å². The van der Waals surface area contributed by atoms with Crippen LogP contribution in [0.25, 0.3) is 0 Å². The van der Waals surface area contributed by atoms with Gasteiger partial charge in [0.15, 0.2) is 10.8 Å². The number of carbonyl (C=O) groups excluding carboxylic acids is 1. The molecule has 5 nitrogen and oxygen atoms in total. The van der Waals surface area contributed by atoms with E-state index < -0.39 is 11.6 Å². The molecule has 0 spiro atoms. The van der Waals surface area contributed by atoms with Crippen LogP contribution in [-0.2, 0) is 4.79 Å². The lowest BCUT2D eigenvalue weighted by Crippen LogP contribution is -2.70. The molecule has 134 valence electrons. The van der Waals surface area contributed by atoms with E-state index in [2.05, 4.69) is 22.0 Å². The van der Waals surface area contributed by atoms with Crippen LogP contribution >= 0.6 is 12.2 Å². The lowest BCUT2D eigenvalue weighted by atomic mass is 9.80. The van der Waals surface area contributed by atoms with Gasteiger partial charge in [0.1, 0.15) is 11.7 Å². The van der Waals surface area contributed by atoms with Crippen LogP contribution in [0.3, 0.4) is 0 Å². The van der Waals surface area contributed by atoms with E-state index in [-0.39, 0.29) is 11.9 Å². The van der Waals surface area contributed by atoms with Gasteiger partial charge in [-0.25, -0.2) is 0 Å². The highest BCUT2D eigenvalue weighted by Gasteiger charge is 2.54. The zero-order valence-corrected chi connectivity index (χ0v) is 15.7. The summed E-state index contributed by atoms with van der Waals surface area (Å²) in [6.07, 6.45) is 0. The second kappa shape index (κ2) is 5.99. The number of hydrogen-bond acceptors (Lipinski definition) is 3. The molecule has 2 bridgehead atoms. The lowest BCUT2D eigenvalue weighted by Gasteiger charge is -2.50. The average Bonchev–Trinajstić information content (AvgIpc) is 2.56. The number of fused-ring (bicyclic) bond motifs is 4. The van der Waals surface area contributed by atoms with Crippen molar-refractivity contribution in [3.05, 3.63) is 59.2 Å². The van der Waals surface area contributed by atoms with Gasteiger partial charge in [-0.3, -0.25) is 4.79 Å². The van der Waals surface area contributed by atoms with Crippen molar-refractivity contribution in [2.24, 2.45) is 5.92 Å². The molecule has 1 amide bonds. The molecule has 26 heavy (non-hydrogen) atoms. The molecule has 1 fully saturated rings. The second-order valence-corrected chi connectivity index (χ2v) is 7.52. The SMILES string of the molecule is Cc1ccc(NC(=O)[C@@H]2[C@H]3NC(=S)N[C@@]2(C)Oc2ccccc23)c(C)c1.